The second kappa shape index (κ2) is 5.11. The number of benzene rings is 1. The van der Waals surface area contributed by atoms with Crippen LogP contribution in [0.3, 0.4) is 0 Å². The first kappa shape index (κ1) is 13.1. The van der Waals surface area contributed by atoms with E-state index in [0.717, 1.165) is 24.0 Å². The smallest absolute Gasteiger partial charge is 0.251 e. The number of rotatable bonds is 4. The molecule has 1 fully saturated rings. The summed E-state index contributed by atoms with van der Waals surface area (Å²) >= 11 is 0. The molecule has 18 heavy (non-hydrogen) atoms. The van der Waals surface area contributed by atoms with Crippen LogP contribution in [0.25, 0.3) is 0 Å². The molecule has 3 heteroatoms. The van der Waals surface area contributed by atoms with Crippen LogP contribution in [0.5, 0.6) is 0 Å². The molecule has 2 rings (SSSR count). The predicted octanol–water partition coefficient (Wildman–Crippen LogP) is 2.16. The van der Waals surface area contributed by atoms with Gasteiger partial charge >= 0.3 is 0 Å². The lowest BCUT2D eigenvalue weighted by Gasteiger charge is -2.41. The number of carbonyl (C=O) groups is 1. The molecular formula is C15H22N2O. The van der Waals surface area contributed by atoms with Crippen molar-refractivity contribution in [2.75, 3.05) is 13.1 Å². The van der Waals surface area contributed by atoms with Gasteiger partial charge in [0.25, 0.3) is 5.91 Å². The summed E-state index contributed by atoms with van der Waals surface area (Å²) in [5, 5.41) is 3.02. The molecule has 0 heterocycles. The molecule has 0 atom stereocenters. The van der Waals surface area contributed by atoms with Crippen molar-refractivity contribution in [1.29, 1.82) is 0 Å². The van der Waals surface area contributed by atoms with Gasteiger partial charge in [0.1, 0.15) is 0 Å². The third kappa shape index (κ3) is 2.56. The summed E-state index contributed by atoms with van der Waals surface area (Å²) < 4.78 is 0. The molecule has 3 N–H and O–H groups in total. The van der Waals surface area contributed by atoms with Crippen molar-refractivity contribution in [1.82, 2.24) is 5.32 Å². The molecule has 0 aliphatic heterocycles. The van der Waals surface area contributed by atoms with Gasteiger partial charge in [0, 0.05) is 12.1 Å². The molecule has 1 aliphatic rings. The van der Waals surface area contributed by atoms with E-state index in [1.807, 2.05) is 25.1 Å². The van der Waals surface area contributed by atoms with Crippen molar-refractivity contribution in [3.8, 4) is 0 Å². The van der Waals surface area contributed by atoms with Gasteiger partial charge in [-0.15, -0.1) is 0 Å². The van der Waals surface area contributed by atoms with E-state index in [1.54, 1.807) is 0 Å². The van der Waals surface area contributed by atoms with Crippen LogP contribution in [0.4, 0.5) is 0 Å². The maximum Gasteiger partial charge on any atom is 0.251 e. The zero-order chi connectivity index (χ0) is 13.2. The molecule has 0 unspecified atom stereocenters. The number of carbonyl (C=O) groups excluding carboxylic acids is 1. The fraction of sp³-hybridized carbons (Fsp3) is 0.533. The lowest BCUT2D eigenvalue weighted by Crippen LogP contribution is -2.46. The Labute approximate surface area is 109 Å². The number of aryl methyl sites for hydroxylation is 2. The monoisotopic (exact) mass is 246 g/mol. The van der Waals surface area contributed by atoms with E-state index in [1.165, 1.54) is 12.0 Å². The maximum atomic E-state index is 12.1. The van der Waals surface area contributed by atoms with E-state index in [0.29, 0.717) is 13.1 Å². The second-order valence-electron chi connectivity index (χ2n) is 5.54. The topological polar surface area (TPSA) is 55.1 Å². The van der Waals surface area contributed by atoms with Gasteiger partial charge in [0.05, 0.1) is 0 Å². The molecule has 0 radical (unpaired) electrons. The summed E-state index contributed by atoms with van der Waals surface area (Å²) in [4.78, 5) is 12.1. The maximum absolute atomic E-state index is 12.1. The number of hydrogen-bond donors (Lipinski definition) is 2. The lowest BCUT2D eigenvalue weighted by atomic mass is 9.69. The number of nitrogens with one attached hydrogen (secondary N) is 1. The van der Waals surface area contributed by atoms with E-state index in [-0.39, 0.29) is 11.3 Å². The van der Waals surface area contributed by atoms with E-state index in [9.17, 15) is 4.79 Å². The highest BCUT2D eigenvalue weighted by molar-refractivity contribution is 5.94. The van der Waals surface area contributed by atoms with Crippen LogP contribution >= 0.6 is 0 Å². The minimum absolute atomic E-state index is 0.0119. The molecule has 0 spiro atoms. The van der Waals surface area contributed by atoms with E-state index in [2.05, 4.69) is 12.2 Å². The Bertz CT molecular complexity index is 444. The summed E-state index contributed by atoms with van der Waals surface area (Å²) in [5.41, 5.74) is 9.05. The Morgan fingerprint density at radius 3 is 2.56 bits per heavy atom. The molecular weight excluding hydrogens is 224 g/mol. The Balaban J connectivity index is 1.97. The van der Waals surface area contributed by atoms with Gasteiger partial charge < -0.3 is 11.1 Å². The first-order valence-corrected chi connectivity index (χ1v) is 6.62. The van der Waals surface area contributed by atoms with Crippen molar-refractivity contribution >= 4 is 5.91 Å². The van der Waals surface area contributed by atoms with Gasteiger partial charge in [-0.1, -0.05) is 12.5 Å². The predicted molar refractivity (Wildman–Crippen MR) is 73.6 cm³/mol. The van der Waals surface area contributed by atoms with E-state index in [4.69, 9.17) is 5.73 Å². The quantitative estimate of drug-likeness (QED) is 0.855. The average molecular weight is 246 g/mol. The zero-order valence-electron chi connectivity index (χ0n) is 11.3. The highest BCUT2D eigenvalue weighted by atomic mass is 16.1. The molecule has 1 amide bonds. The summed E-state index contributed by atoms with van der Waals surface area (Å²) in [6, 6.07) is 5.82. The van der Waals surface area contributed by atoms with Gasteiger partial charge in [-0.3, -0.25) is 4.79 Å². The highest BCUT2D eigenvalue weighted by Gasteiger charge is 2.35. The lowest BCUT2D eigenvalue weighted by molar-refractivity contribution is 0.0876. The average Bonchev–Trinajstić information content (AvgIpc) is 2.31. The summed E-state index contributed by atoms with van der Waals surface area (Å²) in [6.07, 6.45) is 3.50. The van der Waals surface area contributed by atoms with Crippen LogP contribution in [0.15, 0.2) is 18.2 Å². The van der Waals surface area contributed by atoms with E-state index >= 15 is 0 Å². The molecule has 1 aliphatic carbocycles. The SMILES string of the molecule is Cc1ccc(C(=O)NCC2(CN)CCC2)cc1C. The molecule has 0 bridgehead atoms. The summed E-state index contributed by atoms with van der Waals surface area (Å²) in [7, 11) is 0. The fourth-order valence-corrected chi connectivity index (χ4v) is 2.38. The third-order valence-electron chi connectivity index (χ3n) is 4.24. The molecule has 1 aromatic carbocycles. The number of nitrogens with two attached hydrogens (primary N) is 1. The Hall–Kier alpha value is -1.35. The van der Waals surface area contributed by atoms with Crippen molar-refractivity contribution < 1.29 is 4.79 Å². The van der Waals surface area contributed by atoms with Gasteiger partial charge in [0.15, 0.2) is 0 Å². The molecule has 0 aromatic heterocycles. The first-order chi connectivity index (χ1) is 8.56. The van der Waals surface area contributed by atoms with Crippen LogP contribution in [-0.4, -0.2) is 19.0 Å². The van der Waals surface area contributed by atoms with Crippen LogP contribution in [-0.2, 0) is 0 Å². The van der Waals surface area contributed by atoms with Crippen LogP contribution < -0.4 is 11.1 Å². The third-order valence-corrected chi connectivity index (χ3v) is 4.24. The second-order valence-corrected chi connectivity index (χ2v) is 5.54. The zero-order valence-corrected chi connectivity index (χ0v) is 11.3. The summed E-state index contributed by atoms with van der Waals surface area (Å²) in [5.74, 6) is 0.0119. The van der Waals surface area contributed by atoms with Gasteiger partial charge in [-0.05, 0) is 61.9 Å². The largest absolute Gasteiger partial charge is 0.351 e. The van der Waals surface area contributed by atoms with Gasteiger partial charge in [-0.2, -0.15) is 0 Å². The number of hydrogen-bond acceptors (Lipinski definition) is 2. The van der Waals surface area contributed by atoms with Crippen LogP contribution in [0, 0.1) is 19.3 Å². The first-order valence-electron chi connectivity index (χ1n) is 6.62. The van der Waals surface area contributed by atoms with Crippen molar-refractivity contribution in [3.05, 3.63) is 34.9 Å². The minimum Gasteiger partial charge on any atom is -0.351 e. The highest BCUT2D eigenvalue weighted by Crippen LogP contribution is 2.39. The number of amides is 1. The summed E-state index contributed by atoms with van der Waals surface area (Å²) in [6.45, 7) is 5.45. The minimum atomic E-state index is 0.0119. The molecule has 0 saturated heterocycles. The molecule has 1 saturated carbocycles. The Morgan fingerprint density at radius 2 is 2.06 bits per heavy atom. The van der Waals surface area contributed by atoms with Crippen molar-refractivity contribution in [2.45, 2.75) is 33.1 Å². The molecule has 3 nitrogen and oxygen atoms in total. The fourth-order valence-electron chi connectivity index (χ4n) is 2.38. The Kier molecular flexibility index (Phi) is 3.71. The Morgan fingerprint density at radius 1 is 1.33 bits per heavy atom. The standard InChI is InChI=1S/C15H22N2O/c1-11-4-5-13(8-12(11)2)14(18)17-10-15(9-16)6-3-7-15/h4-5,8H,3,6-7,9-10,16H2,1-2H3,(H,17,18). The normalized spacial score (nSPS) is 17.1. The van der Waals surface area contributed by atoms with E-state index < -0.39 is 0 Å². The van der Waals surface area contributed by atoms with Gasteiger partial charge in [0.2, 0.25) is 0 Å². The van der Waals surface area contributed by atoms with Crippen LogP contribution in [0.2, 0.25) is 0 Å². The molecule has 98 valence electrons. The van der Waals surface area contributed by atoms with Crippen molar-refractivity contribution in [3.63, 3.8) is 0 Å². The van der Waals surface area contributed by atoms with Gasteiger partial charge in [-0.25, -0.2) is 0 Å². The molecule has 1 aromatic rings. The van der Waals surface area contributed by atoms with Crippen LogP contribution in [0.1, 0.15) is 40.7 Å². The van der Waals surface area contributed by atoms with Crippen molar-refractivity contribution in [2.24, 2.45) is 11.1 Å².